The summed E-state index contributed by atoms with van der Waals surface area (Å²) in [6, 6.07) is 8.26. The van der Waals surface area contributed by atoms with Crippen LogP contribution in [0.5, 0.6) is 0 Å². The zero-order valence-electron chi connectivity index (χ0n) is 14.3. The Hall–Kier alpha value is -2.61. The molecule has 0 amide bonds. The number of anilines is 1. The predicted octanol–water partition coefficient (Wildman–Crippen LogP) is 3.34. The number of sulfone groups is 1. The Labute approximate surface area is 150 Å². The number of aromatic nitrogens is 2. The number of benzene rings is 2. The molecule has 0 saturated heterocycles. The third kappa shape index (κ3) is 3.50. The Balaban J connectivity index is 2.12. The summed E-state index contributed by atoms with van der Waals surface area (Å²) in [5.41, 5.74) is 0.482. The second-order valence-corrected chi connectivity index (χ2v) is 7.88. The number of nitrogens with zero attached hydrogens (tertiary/aromatic N) is 3. The maximum atomic E-state index is 14.0. The maximum Gasteiger partial charge on any atom is 0.175 e. The van der Waals surface area contributed by atoms with E-state index in [0.29, 0.717) is 23.3 Å². The van der Waals surface area contributed by atoms with Gasteiger partial charge in [-0.25, -0.2) is 27.2 Å². The smallest absolute Gasteiger partial charge is 0.175 e. The van der Waals surface area contributed by atoms with Crippen LogP contribution in [0.25, 0.3) is 10.9 Å². The third-order valence-corrected chi connectivity index (χ3v) is 5.22. The molecule has 5 nitrogen and oxygen atoms in total. The first kappa shape index (κ1) is 18.2. The molecule has 0 radical (unpaired) electrons. The van der Waals surface area contributed by atoms with Crippen molar-refractivity contribution >= 4 is 26.6 Å². The highest BCUT2D eigenvalue weighted by Gasteiger charge is 2.18. The predicted molar refractivity (Wildman–Crippen MR) is 95.7 cm³/mol. The Morgan fingerprint density at radius 1 is 1.08 bits per heavy atom. The van der Waals surface area contributed by atoms with Crippen molar-refractivity contribution in [3.8, 4) is 0 Å². The van der Waals surface area contributed by atoms with E-state index in [4.69, 9.17) is 0 Å². The molecule has 3 aromatic rings. The molecule has 1 aromatic heterocycles. The zero-order valence-corrected chi connectivity index (χ0v) is 15.1. The summed E-state index contributed by atoms with van der Waals surface area (Å²) >= 11 is 0. The maximum absolute atomic E-state index is 14.0. The molecule has 136 valence electrons. The van der Waals surface area contributed by atoms with Gasteiger partial charge in [-0.1, -0.05) is 6.07 Å². The molecule has 0 aliphatic carbocycles. The van der Waals surface area contributed by atoms with E-state index in [-0.39, 0.29) is 17.0 Å². The van der Waals surface area contributed by atoms with Gasteiger partial charge in [-0.05, 0) is 37.3 Å². The Morgan fingerprint density at radius 2 is 1.77 bits per heavy atom. The van der Waals surface area contributed by atoms with Crippen LogP contribution < -0.4 is 4.90 Å². The van der Waals surface area contributed by atoms with Crippen molar-refractivity contribution in [3.05, 3.63) is 59.9 Å². The number of hydrogen-bond donors (Lipinski definition) is 0. The fourth-order valence-electron chi connectivity index (χ4n) is 2.72. The Morgan fingerprint density at radius 3 is 2.38 bits per heavy atom. The van der Waals surface area contributed by atoms with Crippen LogP contribution in [0.15, 0.2) is 47.6 Å². The van der Waals surface area contributed by atoms with Crippen LogP contribution in [-0.2, 0) is 16.4 Å². The van der Waals surface area contributed by atoms with Crippen LogP contribution in [0.4, 0.5) is 14.6 Å². The highest BCUT2D eigenvalue weighted by molar-refractivity contribution is 7.90. The SMILES string of the molecule is CCN(Cc1c(F)cccc1F)c1ncnc2ccc(S(C)(=O)=O)cc12. The van der Waals surface area contributed by atoms with E-state index in [1.165, 1.54) is 36.7 Å². The topological polar surface area (TPSA) is 63.2 Å². The molecule has 1 heterocycles. The van der Waals surface area contributed by atoms with Gasteiger partial charge in [0.2, 0.25) is 0 Å². The average Bonchev–Trinajstić information content (AvgIpc) is 2.60. The standard InChI is InChI=1S/C18H17F2N3O2S/c1-3-23(10-14-15(19)5-4-6-16(14)20)18-13-9-12(26(2,24)25)7-8-17(13)21-11-22-18/h4-9,11H,3,10H2,1-2H3. The lowest BCUT2D eigenvalue weighted by atomic mass is 10.1. The lowest BCUT2D eigenvalue weighted by Gasteiger charge is -2.23. The van der Waals surface area contributed by atoms with Gasteiger partial charge in [-0.2, -0.15) is 0 Å². The molecule has 0 saturated carbocycles. The highest BCUT2D eigenvalue weighted by Crippen LogP contribution is 2.27. The summed E-state index contributed by atoms with van der Waals surface area (Å²) in [6.07, 6.45) is 2.46. The van der Waals surface area contributed by atoms with E-state index in [9.17, 15) is 17.2 Å². The highest BCUT2D eigenvalue weighted by atomic mass is 32.2. The summed E-state index contributed by atoms with van der Waals surface area (Å²) in [5, 5.41) is 0.508. The normalized spacial score (nSPS) is 11.7. The molecule has 8 heteroatoms. The molecule has 3 rings (SSSR count). The van der Waals surface area contributed by atoms with Crippen molar-refractivity contribution in [1.29, 1.82) is 0 Å². The van der Waals surface area contributed by atoms with Crippen molar-refractivity contribution < 1.29 is 17.2 Å². The summed E-state index contributed by atoms with van der Waals surface area (Å²) in [6.45, 7) is 2.21. The van der Waals surface area contributed by atoms with Crippen molar-refractivity contribution in [2.45, 2.75) is 18.4 Å². The molecular formula is C18H17F2N3O2S. The molecule has 2 aromatic carbocycles. The van der Waals surface area contributed by atoms with Gasteiger partial charge in [-0.15, -0.1) is 0 Å². The van der Waals surface area contributed by atoms with Crippen molar-refractivity contribution in [1.82, 2.24) is 9.97 Å². The first-order valence-corrected chi connectivity index (χ1v) is 9.83. The van der Waals surface area contributed by atoms with Gasteiger partial charge in [0, 0.05) is 23.8 Å². The largest absolute Gasteiger partial charge is 0.352 e. The minimum absolute atomic E-state index is 0.0375. The van der Waals surface area contributed by atoms with E-state index in [1.54, 1.807) is 11.0 Å². The first-order valence-electron chi connectivity index (χ1n) is 7.94. The second kappa shape index (κ2) is 6.95. The van der Waals surface area contributed by atoms with Crippen molar-refractivity contribution in [2.24, 2.45) is 0 Å². The molecule has 0 aliphatic rings. The minimum Gasteiger partial charge on any atom is -0.352 e. The second-order valence-electron chi connectivity index (χ2n) is 5.86. The van der Waals surface area contributed by atoms with E-state index in [1.807, 2.05) is 6.92 Å². The van der Waals surface area contributed by atoms with E-state index < -0.39 is 21.5 Å². The number of fused-ring (bicyclic) bond motifs is 1. The van der Waals surface area contributed by atoms with Crippen LogP contribution >= 0.6 is 0 Å². The number of rotatable bonds is 5. The fourth-order valence-corrected chi connectivity index (χ4v) is 3.36. The van der Waals surface area contributed by atoms with Crippen LogP contribution in [0.2, 0.25) is 0 Å². The van der Waals surface area contributed by atoms with Crippen molar-refractivity contribution in [3.63, 3.8) is 0 Å². The third-order valence-electron chi connectivity index (χ3n) is 4.11. The number of hydrogen-bond acceptors (Lipinski definition) is 5. The molecule has 0 N–H and O–H groups in total. The minimum atomic E-state index is -3.41. The molecule has 0 atom stereocenters. The summed E-state index contributed by atoms with van der Waals surface area (Å²) < 4.78 is 51.7. The van der Waals surface area contributed by atoms with E-state index >= 15 is 0 Å². The van der Waals surface area contributed by atoms with Crippen LogP contribution in [0.3, 0.4) is 0 Å². The monoisotopic (exact) mass is 377 g/mol. The molecule has 26 heavy (non-hydrogen) atoms. The lowest BCUT2D eigenvalue weighted by molar-refractivity contribution is 0.550. The van der Waals surface area contributed by atoms with Crippen LogP contribution in [-0.4, -0.2) is 31.2 Å². The van der Waals surface area contributed by atoms with Gasteiger partial charge < -0.3 is 4.90 Å². The first-order chi connectivity index (χ1) is 12.3. The van der Waals surface area contributed by atoms with Gasteiger partial charge in [-0.3, -0.25) is 0 Å². The van der Waals surface area contributed by atoms with Crippen LogP contribution in [0, 0.1) is 11.6 Å². The molecule has 0 fully saturated rings. The molecule has 0 aliphatic heterocycles. The average molecular weight is 377 g/mol. The quantitative estimate of drug-likeness (QED) is 0.682. The summed E-state index contributed by atoms with van der Waals surface area (Å²) in [5.74, 6) is -0.858. The van der Waals surface area contributed by atoms with Gasteiger partial charge in [0.05, 0.1) is 17.0 Å². The Bertz CT molecular complexity index is 1050. The van der Waals surface area contributed by atoms with Gasteiger partial charge in [0.1, 0.15) is 23.8 Å². The molecule has 0 spiro atoms. The van der Waals surface area contributed by atoms with Gasteiger partial charge >= 0.3 is 0 Å². The summed E-state index contributed by atoms with van der Waals surface area (Å²) in [7, 11) is -3.41. The van der Waals surface area contributed by atoms with E-state index in [2.05, 4.69) is 9.97 Å². The lowest BCUT2D eigenvalue weighted by Crippen LogP contribution is -2.25. The Kier molecular flexibility index (Phi) is 4.86. The molecular weight excluding hydrogens is 360 g/mol. The van der Waals surface area contributed by atoms with Gasteiger partial charge in [0.15, 0.2) is 9.84 Å². The zero-order chi connectivity index (χ0) is 18.9. The van der Waals surface area contributed by atoms with E-state index in [0.717, 1.165) is 6.26 Å². The van der Waals surface area contributed by atoms with Crippen LogP contribution in [0.1, 0.15) is 12.5 Å². The molecule has 0 unspecified atom stereocenters. The summed E-state index contributed by atoms with van der Waals surface area (Å²) in [4.78, 5) is 10.2. The van der Waals surface area contributed by atoms with Crippen molar-refractivity contribution in [2.75, 3.05) is 17.7 Å². The van der Waals surface area contributed by atoms with Gasteiger partial charge in [0.25, 0.3) is 0 Å². The fraction of sp³-hybridized carbons (Fsp3) is 0.222. The number of halogens is 2. The molecule has 0 bridgehead atoms.